The van der Waals surface area contributed by atoms with Crippen molar-refractivity contribution in [3.63, 3.8) is 0 Å². The fourth-order valence-electron chi connectivity index (χ4n) is 2.66. The molecule has 2 aliphatic rings. The van der Waals surface area contributed by atoms with Crippen LogP contribution in [0.1, 0.15) is 36.2 Å². The molecule has 0 saturated carbocycles. The number of thiophene rings is 1. The first-order valence-electron chi connectivity index (χ1n) is 6.26. The largest absolute Gasteiger partial charge is 0.380 e. The van der Waals surface area contributed by atoms with Gasteiger partial charge in [-0.15, -0.1) is 11.3 Å². The van der Waals surface area contributed by atoms with Gasteiger partial charge in [0.2, 0.25) is 0 Å². The van der Waals surface area contributed by atoms with E-state index in [1.165, 1.54) is 28.6 Å². The van der Waals surface area contributed by atoms with E-state index in [4.69, 9.17) is 4.74 Å². The van der Waals surface area contributed by atoms with Crippen LogP contribution in [-0.2, 0) is 11.2 Å². The SMILES string of the molecule is CC1(CNC2CCCc3sc(Br)cc32)COC1. The second-order valence-corrected chi connectivity index (χ2v) is 8.07. The van der Waals surface area contributed by atoms with Gasteiger partial charge < -0.3 is 10.1 Å². The van der Waals surface area contributed by atoms with Crippen molar-refractivity contribution in [3.8, 4) is 0 Å². The molecular weight excluding hydrogens is 298 g/mol. The van der Waals surface area contributed by atoms with Gasteiger partial charge in [-0.2, -0.15) is 0 Å². The van der Waals surface area contributed by atoms with Crippen LogP contribution in [-0.4, -0.2) is 19.8 Å². The van der Waals surface area contributed by atoms with Crippen molar-refractivity contribution < 1.29 is 4.74 Å². The molecule has 0 aromatic carbocycles. The minimum absolute atomic E-state index is 0.366. The molecule has 1 unspecified atom stereocenters. The Morgan fingerprint density at radius 2 is 2.41 bits per heavy atom. The lowest BCUT2D eigenvalue weighted by Crippen LogP contribution is -2.48. The summed E-state index contributed by atoms with van der Waals surface area (Å²) in [7, 11) is 0. The van der Waals surface area contributed by atoms with E-state index in [0.29, 0.717) is 11.5 Å². The molecule has 1 aliphatic carbocycles. The van der Waals surface area contributed by atoms with Crippen LogP contribution < -0.4 is 5.32 Å². The monoisotopic (exact) mass is 315 g/mol. The molecule has 3 rings (SSSR count). The summed E-state index contributed by atoms with van der Waals surface area (Å²) >= 11 is 5.51. The van der Waals surface area contributed by atoms with Crippen LogP contribution in [0.15, 0.2) is 9.85 Å². The van der Waals surface area contributed by atoms with E-state index in [1.54, 1.807) is 4.88 Å². The summed E-state index contributed by atoms with van der Waals surface area (Å²) in [6.45, 7) is 5.20. The van der Waals surface area contributed by atoms with Gasteiger partial charge in [-0.3, -0.25) is 0 Å². The maximum absolute atomic E-state index is 5.31. The maximum atomic E-state index is 5.31. The molecule has 17 heavy (non-hydrogen) atoms. The number of ether oxygens (including phenoxy) is 1. The van der Waals surface area contributed by atoms with Gasteiger partial charge in [0.15, 0.2) is 0 Å². The average molecular weight is 316 g/mol. The zero-order valence-electron chi connectivity index (χ0n) is 10.1. The molecule has 1 aromatic rings. The number of hydrogen-bond donors (Lipinski definition) is 1. The molecule has 0 amide bonds. The highest BCUT2D eigenvalue weighted by atomic mass is 79.9. The first kappa shape index (κ1) is 12.2. The average Bonchev–Trinajstić information content (AvgIpc) is 2.64. The van der Waals surface area contributed by atoms with Gasteiger partial charge in [-0.25, -0.2) is 0 Å². The highest BCUT2D eigenvalue weighted by Crippen LogP contribution is 2.38. The van der Waals surface area contributed by atoms with Crippen LogP contribution >= 0.6 is 27.3 Å². The van der Waals surface area contributed by atoms with Gasteiger partial charge in [0.25, 0.3) is 0 Å². The van der Waals surface area contributed by atoms with Crippen LogP contribution in [0, 0.1) is 5.41 Å². The molecule has 2 heterocycles. The molecule has 94 valence electrons. The molecule has 1 atom stereocenters. The summed E-state index contributed by atoms with van der Waals surface area (Å²) in [5.41, 5.74) is 1.89. The normalized spacial score (nSPS) is 26.4. The predicted molar refractivity (Wildman–Crippen MR) is 74.6 cm³/mol. The van der Waals surface area contributed by atoms with Crippen LogP contribution in [0.4, 0.5) is 0 Å². The second kappa shape index (κ2) is 4.65. The molecule has 1 N–H and O–H groups in total. The number of rotatable bonds is 3. The number of hydrogen-bond acceptors (Lipinski definition) is 3. The van der Waals surface area contributed by atoms with E-state index >= 15 is 0 Å². The van der Waals surface area contributed by atoms with Crippen molar-refractivity contribution in [2.75, 3.05) is 19.8 Å². The van der Waals surface area contributed by atoms with Gasteiger partial charge in [0.05, 0.1) is 17.0 Å². The summed E-state index contributed by atoms with van der Waals surface area (Å²) in [6, 6.07) is 2.86. The Hall–Kier alpha value is 0.1000. The third-order valence-corrected chi connectivity index (χ3v) is 5.47. The molecule has 2 nitrogen and oxygen atoms in total. The van der Waals surface area contributed by atoms with Crippen LogP contribution in [0.2, 0.25) is 0 Å². The summed E-state index contributed by atoms with van der Waals surface area (Å²) in [4.78, 5) is 1.57. The summed E-state index contributed by atoms with van der Waals surface area (Å²) in [6.07, 6.45) is 3.84. The minimum atomic E-state index is 0.366. The Bertz CT molecular complexity index is 414. The van der Waals surface area contributed by atoms with Crippen LogP contribution in [0.5, 0.6) is 0 Å². The predicted octanol–water partition coefficient (Wildman–Crippen LogP) is 3.51. The van der Waals surface area contributed by atoms with E-state index < -0.39 is 0 Å². The third kappa shape index (κ3) is 2.46. The number of nitrogens with one attached hydrogen (secondary N) is 1. The molecule has 0 spiro atoms. The molecular formula is C13H18BrNOS. The van der Waals surface area contributed by atoms with Gasteiger partial charge in [0.1, 0.15) is 0 Å². The first-order valence-corrected chi connectivity index (χ1v) is 7.86. The number of halogens is 1. The molecule has 1 aliphatic heterocycles. The lowest BCUT2D eigenvalue weighted by molar-refractivity contribution is -0.100. The lowest BCUT2D eigenvalue weighted by atomic mass is 9.87. The van der Waals surface area contributed by atoms with Gasteiger partial charge in [-0.1, -0.05) is 6.92 Å². The van der Waals surface area contributed by atoms with Crippen molar-refractivity contribution in [1.29, 1.82) is 0 Å². The quantitative estimate of drug-likeness (QED) is 0.921. The molecule has 1 aromatic heterocycles. The molecule has 0 radical (unpaired) electrons. The van der Waals surface area contributed by atoms with E-state index in [2.05, 4.69) is 34.2 Å². The molecule has 1 saturated heterocycles. The Kier molecular flexibility index (Phi) is 3.32. The molecule has 1 fully saturated rings. The maximum Gasteiger partial charge on any atom is 0.0704 e. The molecule has 0 bridgehead atoms. The Labute approximate surface area is 115 Å². The van der Waals surface area contributed by atoms with E-state index in [0.717, 1.165) is 19.8 Å². The minimum Gasteiger partial charge on any atom is -0.380 e. The summed E-state index contributed by atoms with van der Waals surface area (Å²) < 4.78 is 6.58. The smallest absolute Gasteiger partial charge is 0.0704 e. The summed E-state index contributed by atoms with van der Waals surface area (Å²) in [5, 5.41) is 3.74. The van der Waals surface area contributed by atoms with Crippen molar-refractivity contribution in [2.45, 2.75) is 32.2 Å². The van der Waals surface area contributed by atoms with Crippen molar-refractivity contribution >= 4 is 27.3 Å². The second-order valence-electron chi connectivity index (χ2n) is 5.56. The van der Waals surface area contributed by atoms with Gasteiger partial charge >= 0.3 is 0 Å². The fourth-order valence-corrected chi connectivity index (χ4v) is 4.48. The zero-order valence-corrected chi connectivity index (χ0v) is 12.5. The standard InChI is InChI=1S/C13H18BrNOS/c1-13(7-16-8-13)6-15-10-3-2-4-11-9(10)5-12(14)17-11/h5,10,15H,2-4,6-8H2,1H3. The Morgan fingerprint density at radius 1 is 1.59 bits per heavy atom. The topological polar surface area (TPSA) is 21.3 Å². The van der Waals surface area contributed by atoms with Gasteiger partial charge in [-0.05, 0) is 46.8 Å². The van der Waals surface area contributed by atoms with Crippen LogP contribution in [0.25, 0.3) is 0 Å². The zero-order chi connectivity index (χ0) is 11.9. The van der Waals surface area contributed by atoms with E-state index in [-0.39, 0.29) is 0 Å². The van der Waals surface area contributed by atoms with Crippen LogP contribution in [0.3, 0.4) is 0 Å². The van der Waals surface area contributed by atoms with E-state index in [9.17, 15) is 0 Å². The summed E-state index contributed by atoms with van der Waals surface area (Å²) in [5.74, 6) is 0. The molecule has 4 heteroatoms. The van der Waals surface area contributed by atoms with E-state index in [1.807, 2.05) is 11.3 Å². The lowest BCUT2D eigenvalue weighted by Gasteiger charge is -2.39. The fraction of sp³-hybridized carbons (Fsp3) is 0.692. The highest BCUT2D eigenvalue weighted by Gasteiger charge is 2.34. The van der Waals surface area contributed by atoms with Crippen molar-refractivity contribution in [1.82, 2.24) is 5.32 Å². The first-order chi connectivity index (χ1) is 8.16. The Morgan fingerprint density at radius 3 is 3.12 bits per heavy atom. The number of fused-ring (bicyclic) bond motifs is 1. The Balaban J connectivity index is 1.68. The van der Waals surface area contributed by atoms with Gasteiger partial charge in [0, 0.05) is 22.9 Å². The highest BCUT2D eigenvalue weighted by molar-refractivity contribution is 9.11. The third-order valence-electron chi connectivity index (χ3n) is 3.76. The number of aryl methyl sites for hydroxylation is 1. The van der Waals surface area contributed by atoms with Crippen molar-refractivity contribution in [3.05, 3.63) is 20.3 Å². The van der Waals surface area contributed by atoms with Crippen molar-refractivity contribution in [2.24, 2.45) is 5.41 Å².